The lowest BCUT2D eigenvalue weighted by molar-refractivity contribution is 0.174. The van der Waals surface area contributed by atoms with Crippen LogP contribution in [-0.4, -0.2) is 51.9 Å². The fourth-order valence-electron chi connectivity index (χ4n) is 3.21. The molecule has 1 aliphatic rings. The van der Waals surface area contributed by atoms with Crippen LogP contribution in [0.4, 0.5) is 8.78 Å². The molecule has 0 aliphatic carbocycles. The van der Waals surface area contributed by atoms with Crippen LogP contribution in [0.2, 0.25) is 0 Å². The Kier molecular flexibility index (Phi) is 9.09. The fourth-order valence-corrected chi connectivity index (χ4v) is 3.21. The van der Waals surface area contributed by atoms with E-state index in [4.69, 9.17) is 9.47 Å². The third kappa shape index (κ3) is 5.94. The molecule has 0 saturated heterocycles. The van der Waals surface area contributed by atoms with Gasteiger partial charge in [0.1, 0.15) is 11.6 Å². The molecule has 164 valence electrons. The quantitative estimate of drug-likeness (QED) is 0.326. The van der Waals surface area contributed by atoms with Crippen molar-refractivity contribution in [2.24, 2.45) is 4.99 Å². The Hall–Kier alpha value is -2.14. The first-order chi connectivity index (χ1) is 14.0. The van der Waals surface area contributed by atoms with Crippen LogP contribution >= 0.6 is 24.0 Å². The number of likely N-dealkylation sites (N-methyl/N-ethyl adjacent to an activating group) is 1. The minimum atomic E-state index is -0.559. The minimum absolute atomic E-state index is 0. The number of hydrogen-bond donors (Lipinski definition) is 2. The van der Waals surface area contributed by atoms with Crippen molar-refractivity contribution in [1.82, 2.24) is 15.5 Å². The van der Waals surface area contributed by atoms with Crippen molar-refractivity contribution in [3.05, 3.63) is 59.2 Å². The summed E-state index contributed by atoms with van der Waals surface area (Å²) < 4.78 is 39.1. The van der Waals surface area contributed by atoms with Crippen LogP contribution < -0.4 is 20.1 Å². The van der Waals surface area contributed by atoms with Gasteiger partial charge in [0.15, 0.2) is 17.5 Å². The maximum absolute atomic E-state index is 14.2. The van der Waals surface area contributed by atoms with Crippen molar-refractivity contribution in [1.29, 1.82) is 0 Å². The van der Waals surface area contributed by atoms with Gasteiger partial charge in [-0.25, -0.2) is 8.78 Å². The molecule has 0 aromatic heterocycles. The molecule has 2 aromatic rings. The molecule has 1 heterocycles. The molecule has 1 aliphatic heterocycles. The first-order valence-corrected chi connectivity index (χ1v) is 9.43. The standard InChI is InChI=1S/C21H26F2N4O2.HI/c1-24-21(25-10-9-14-7-8-18-19(11-14)29-13-28-18)26-12-17(27(2)3)20-15(22)5-4-6-16(20)23;/h4-8,11,17H,9-10,12-13H2,1-3H3,(H2,24,25,26);1H. The molecule has 3 rings (SSSR count). The molecule has 1 unspecified atom stereocenters. The first kappa shape index (κ1) is 24.1. The Balaban J connectivity index is 0.00000320. The summed E-state index contributed by atoms with van der Waals surface area (Å²) in [5.74, 6) is 0.960. The molecule has 2 aromatic carbocycles. The van der Waals surface area contributed by atoms with Crippen molar-refractivity contribution in [3.8, 4) is 11.5 Å². The van der Waals surface area contributed by atoms with E-state index in [0.29, 0.717) is 19.0 Å². The molecule has 6 nitrogen and oxygen atoms in total. The lowest BCUT2D eigenvalue weighted by Gasteiger charge is -2.26. The summed E-state index contributed by atoms with van der Waals surface area (Å²) >= 11 is 0. The van der Waals surface area contributed by atoms with E-state index < -0.39 is 17.7 Å². The zero-order valence-electron chi connectivity index (χ0n) is 17.2. The van der Waals surface area contributed by atoms with E-state index in [-0.39, 0.29) is 36.3 Å². The Morgan fingerprint density at radius 1 is 1.10 bits per heavy atom. The summed E-state index contributed by atoms with van der Waals surface area (Å²) in [5, 5.41) is 6.37. The monoisotopic (exact) mass is 532 g/mol. The van der Waals surface area contributed by atoms with Gasteiger partial charge < -0.3 is 25.0 Å². The van der Waals surface area contributed by atoms with Crippen LogP contribution in [0.15, 0.2) is 41.4 Å². The topological polar surface area (TPSA) is 58.1 Å². The lowest BCUT2D eigenvalue weighted by atomic mass is 10.0. The van der Waals surface area contributed by atoms with Gasteiger partial charge >= 0.3 is 0 Å². The fraction of sp³-hybridized carbons (Fsp3) is 0.381. The molecule has 2 N–H and O–H groups in total. The van der Waals surface area contributed by atoms with Gasteiger partial charge in [-0.05, 0) is 50.3 Å². The van der Waals surface area contributed by atoms with Crippen LogP contribution in [0.25, 0.3) is 0 Å². The van der Waals surface area contributed by atoms with Crippen LogP contribution in [0.3, 0.4) is 0 Å². The second kappa shape index (κ2) is 11.3. The number of ether oxygens (including phenoxy) is 2. The maximum atomic E-state index is 14.2. The Bertz CT molecular complexity index is 860. The van der Waals surface area contributed by atoms with Crippen LogP contribution in [0.1, 0.15) is 17.2 Å². The highest BCUT2D eigenvalue weighted by molar-refractivity contribution is 14.0. The molecule has 30 heavy (non-hydrogen) atoms. The molecule has 9 heteroatoms. The van der Waals surface area contributed by atoms with Gasteiger partial charge in [0.25, 0.3) is 0 Å². The summed E-state index contributed by atoms with van der Waals surface area (Å²) in [4.78, 5) is 5.96. The van der Waals surface area contributed by atoms with Crippen molar-refractivity contribution in [3.63, 3.8) is 0 Å². The van der Waals surface area contributed by atoms with E-state index in [1.807, 2.05) is 18.2 Å². The number of halogens is 3. The average Bonchev–Trinajstić information content (AvgIpc) is 3.16. The number of benzene rings is 2. The molecule has 1 atom stereocenters. The normalized spacial score (nSPS) is 13.7. The third-order valence-electron chi connectivity index (χ3n) is 4.79. The number of nitrogens with zero attached hydrogens (tertiary/aromatic N) is 2. The molecule has 0 radical (unpaired) electrons. The highest BCUT2D eigenvalue weighted by Crippen LogP contribution is 2.32. The van der Waals surface area contributed by atoms with Crippen molar-refractivity contribution >= 4 is 29.9 Å². The molecular formula is C21H27F2IN4O2. The van der Waals surface area contributed by atoms with Gasteiger partial charge in [-0.2, -0.15) is 0 Å². The maximum Gasteiger partial charge on any atom is 0.231 e. The third-order valence-corrected chi connectivity index (χ3v) is 4.79. The van der Waals surface area contributed by atoms with E-state index in [2.05, 4.69) is 15.6 Å². The van der Waals surface area contributed by atoms with E-state index >= 15 is 0 Å². The predicted octanol–water partition coefficient (Wildman–Crippen LogP) is 3.32. The molecular weight excluding hydrogens is 505 g/mol. The molecule has 0 bridgehead atoms. The van der Waals surface area contributed by atoms with Crippen LogP contribution in [0.5, 0.6) is 11.5 Å². The number of rotatable bonds is 7. The van der Waals surface area contributed by atoms with E-state index in [1.165, 1.54) is 18.2 Å². The number of hydrogen-bond acceptors (Lipinski definition) is 4. The Labute approximate surface area is 192 Å². The van der Waals surface area contributed by atoms with Crippen molar-refractivity contribution in [2.45, 2.75) is 12.5 Å². The lowest BCUT2D eigenvalue weighted by Crippen LogP contribution is -2.42. The number of fused-ring (bicyclic) bond motifs is 1. The Morgan fingerprint density at radius 3 is 2.47 bits per heavy atom. The second-order valence-electron chi connectivity index (χ2n) is 6.93. The molecule has 0 amide bonds. The average molecular weight is 532 g/mol. The number of aliphatic imine (C=N–C) groups is 1. The molecule has 0 saturated carbocycles. The summed E-state index contributed by atoms with van der Waals surface area (Å²) in [6.45, 7) is 1.19. The molecule has 0 spiro atoms. The second-order valence-corrected chi connectivity index (χ2v) is 6.93. The summed E-state index contributed by atoms with van der Waals surface area (Å²) in [7, 11) is 5.23. The smallest absolute Gasteiger partial charge is 0.231 e. The summed E-state index contributed by atoms with van der Waals surface area (Å²) in [6.07, 6.45) is 0.760. The largest absolute Gasteiger partial charge is 0.454 e. The zero-order chi connectivity index (χ0) is 20.8. The highest BCUT2D eigenvalue weighted by atomic mass is 127. The minimum Gasteiger partial charge on any atom is -0.454 e. The predicted molar refractivity (Wildman–Crippen MR) is 124 cm³/mol. The summed E-state index contributed by atoms with van der Waals surface area (Å²) in [5.41, 5.74) is 1.15. The van der Waals surface area contributed by atoms with Crippen LogP contribution in [-0.2, 0) is 6.42 Å². The van der Waals surface area contributed by atoms with Gasteiger partial charge in [-0.1, -0.05) is 12.1 Å². The van der Waals surface area contributed by atoms with E-state index in [1.54, 1.807) is 26.0 Å². The first-order valence-electron chi connectivity index (χ1n) is 9.43. The van der Waals surface area contributed by atoms with Gasteiger partial charge in [-0.15, -0.1) is 24.0 Å². The van der Waals surface area contributed by atoms with Crippen LogP contribution in [0, 0.1) is 11.6 Å². The van der Waals surface area contributed by atoms with Gasteiger partial charge in [0.05, 0.1) is 6.04 Å². The zero-order valence-corrected chi connectivity index (χ0v) is 19.6. The van der Waals surface area contributed by atoms with E-state index in [0.717, 1.165) is 23.5 Å². The Morgan fingerprint density at radius 2 is 1.80 bits per heavy atom. The number of guanidine groups is 1. The van der Waals surface area contributed by atoms with Gasteiger partial charge in [0, 0.05) is 25.7 Å². The SMILES string of the molecule is CN=C(NCCc1ccc2c(c1)OCO2)NCC(c1c(F)cccc1F)N(C)C.I. The van der Waals surface area contributed by atoms with E-state index in [9.17, 15) is 8.78 Å². The van der Waals surface area contributed by atoms with Gasteiger partial charge in [-0.3, -0.25) is 4.99 Å². The van der Waals surface area contributed by atoms with Gasteiger partial charge in [0.2, 0.25) is 6.79 Å². The molecule has 0 fully saturated rings. The summed E-state index contributed by atoms with van der Waals surface area (Å²) in [6, 6.07) is 9.28. The highest BCUT2D eigenvalue weighted by Gasteiger charge is 2.22. The van der Waals surface area contributed by atoms with Crippen molar-refractivity contribution in [2.75, 3.05) is 41.0 Å². The van der Waals surface area contributed by atoms with Crippen molar-refractivity contribution < 1.29 is 18.3 Å². The number of nitrogens with one attached hydrogen (secondary N) is 2.